The Kier molecular flexibility index (Phi) is 10.0. The number of aromatic nitrogens is 2. The highest BCUT2D eigenvalue weighted by molar-refractivity contribution is 6.30. The minimum atomic E-state index is -1.74. The number of imidazole rings is 1. The molecule has 0 radical (unpaired) electrons. The first-order chi connectivity index (χ1) is 22.7. The van der Waals surface area contributed by atoms with Gasteiger partial charge in [-0.05, 0) is 63.6 Å². The predicted molar refractivity (Wildman–Crippen MR) is 176 cm³/mol. The first-order valence-electron chi connectivity index (χ1n) is 15.3. The molecule has 1 aliphatic rings. The number of amides is 2. The van der Waals surface area contributed by atoms with Crippen LogP contribution in [0.25, 0.3) is 11.3 Å². The van der Waals surface area contributed by atoms with Gasteiger partial charge in [0, 0.05) is 24.3 Å². The quantitative estimate of drug-likeness (QED) is 0.183. The molecule has 252 valence electrons. The molecule has 10 nitrogen and oxygen atoms in total. The highest BCUT2D eigenvalue weighted by atomic mass is 35.5. The van der Waals surface area contributed by atoms with Crippen LogP contribution in [-0.4, -0.2) is 50.1 Å². The van der Waals surface area contributed by atoms with Gasteiger partial charge in [-0.15, -0.1) is 0 Å². The number of hydrogen-bond acceptors (Lipinski definition) is 7. The minimum Gasteiger partial charge on any atom is -0.461 e. The average molecular weight is 680 g/mol. The summed E-state index contributed by atoms with van der Waals surface area (Å²) in [5.74, 6) is -1.44. The fraction of sp³-hybridized carbons (Fsp3) is 0.314. The first-order valence-corrected chi connectivity index (χ1v) is 15.7. The van der Waals surface area contributed by atoms with Crippen molar-refractivity contribution in [3.63, 3.8) is 0 Å². The van der Waals surface area contributed by atoms with Crippen LogP contribution in [0.1, 0.15) is 45.5 Å². The van der Waals surface area contributed by atoms with Crippen molar-refractivity contribution in [3.05, 3.63) is 101 Å². The number of benzene rings is 3. The summed E-state index contributed by atoms with van der Waals surface area (Å²) < 4.78 is 41.3. The van der Waals surface area contributed by atoms with E-state index in [4.69, 9.17) is 26.1 Å². The number of ether oxygens (including phenoxy) is 2. The lowest BCUT2D eigenvalue weighted by Gasteiger charge is -2.37. The number of esters is 1. The summed E-state index contributed by atoms with van der Waals surface area (Å²) in [6, 6.07) is 19.2. The number of hydrogen-bond donors (Lipinski definition) is 2. The summed E-state index contributed by atoms with van der Waals surface area (Å²) in [6.45, 7) is 6.89. The van der Waals surface area contributed by atoms with Gasteiger partial charge in [0.05, 0.1) is 18.0 Å². The van der Waals surface area contributed by atoms with Crippen LogP contribution in [0.15, 0.2) is 72.8 Å². The number of carbonyl (C=O) groups is 3. The minimum absolute atomic E-state index is 0.00627. The van der Waals surface area contributed by atoms with Gasteiger partial charge in [-0.3, -0.25) is 9.59 Å². The smallest absolute Gasteiger partial charge is 0.408 e. The van der Waals surface area contributed by atoms with E-state index in [1.54, 1.807) is 51.1 Å². The van der Waals surface area contributed by atoms with Crippen LogP contribution >= 0.6 is 11.6 Å². The fourth-order valence-electron chi connectivity index (χ4n) is 5.31. The van der Waals surface area contributed by atoms with Gasteiger partial charge in [0.1, 0.15) is 46.7 Å². The van der Waals surface area contributed by atoms with Crippen LogP contribution in [0.5, 0.6) is 0 Å². The molecule has 1 aliphatic heterocycles. The highest BCUT2D eigenvalue weighted by Gasteiger charge is 2.43. The van der Waals surface area contributed by atoms with Crippen LogP contribution in [0.2, 0.25) is 5.02 Å². The van der Waals surface area contributed by atoms with E-state index in [0.717, 1.165) is 5.56 Å². The van der Waals surface area contributed by atoms with E-state index in [0.29, 0.717) is 28.6 Å². The van der Waals surface area contributed by atoms with Gasteiger partial charge in [0.15, 0.2) is 0 Å². The molecule has 2 heterocycles. The second-order valence-corrected chi connectivity index (χ2v) is 13.1. The molecule has 48 heavy (non-hydrogen) atoms. The third kappa shape index (κ3) is 8.29. The number of carbonyl (C=O) groups excluding carboxylic acids is 3. The SMILES string of the molecule is CC(C)(C)OC(=O)N[C@](C)(CC(=O)OCc1ccccc1)C(=O)N1CCn2c(nc(-c3cccc(F)c3)c2Nc2ccc(Cl)c(F)c2)C1. The second-order valence-electron chi connectivity index (χ2n) is 12.6. The zero-order valence-corrected chi connectivity index (χ0v) is 27.7. The Hall–Kier alpha value is -4.97. The van der Waals surface area contributed by atoms with Gasteiger partial charge in [-0.25, -0.2) is 18.6 Å². The zero-order valence-electron chi connectivity index (χ0n) is 27.0. The van der Waals surface area contributed by atoms with Gasteiger partial charge in [-0.1, -0.05) is 54.1 Å². The van der Waals surface area contributed by atoms with E-state index in [9.17, 15) is 23.2 Å². The highest BCUT2D eigenvalue weighted by Crippen LogP contribution is 2.35. The monoisotopic (exact) mass is 679 g/mol. The van der Waals surface area contributed by atoms with Crippen LogP contribution in [0.3, 0.4) is 0 Å². The third-order valence-electron chi connectivity index (χ3n) is 7.53. The Labute approximate surface area is 282 Å². The molecule has 1 atom stereocenters. The molecule has 0 fully saturated rings. The molecule has 2 amide bonds. The van der Waals surface area contributed by atoms with Crippen molar-refractivity contribution in [3.8, 4) is 11.3 Å². The molecule has 13 heteroatoms. The Morgan fingerprint density at radius 1 is 0.958 bits per heavy atom. The summed E-state index contributed by atoms with van der Waals surface area (Å²) in [7, 11) is 0. The number of nitrogens with one attached hydrogen (secondary N) is 2. The van der Waals surface area contributed by atoms with Crippen molar-refractivity contribution in [2.24, 2.45) is 0 Å². The van der Waals surface area contributed by atoms with Gasteiger partial charge in [0.25, 0.3) is 0 Å². The normalized spacial score (nSPS) is 14.0. The standard InChI is InChI=1S/C35H36ClF2N5O5/c1-34(2,3)48-33(46)41-35(4,19-29(44)47-21-22-9-6-5-7-10-22)32(45)42-15-16-43-28(20-42)40-30(23-11-8-12-24(37)17-23)31(43)39-25-13-14-26(36)27(38)18-25/h5-14,17-18,39H,15-16,19-21H2,1-4H3,(H,41,46)/t35-/m1/s1. The summed E-state index contributed by atoms with van der Waals surface area (Å²) in [5, 5.41) is 5.75. The number of rotatable bonds is 9. The third-order valence-corrected chi connectivity index (χ3v) is 7.84. The van der Waals surface area contributed by atoms with E-state index >= 15 is 0 Å². The van der Waals surface area contributed by atoms with Crippen molar-refractivity contribution >= 4 is 41.1 Å². The number of anilines is 2. The van der Waals surface area contributed by atoms with Crippen LogP contribution in [0, 0.1) is 11.6 Å². The molecule has 4 aromatic rings. The van der Waals surface area contributed by atoms with E-state index in [1.165, 1.54) is 36.1 Å². The summed E-state index contributed by atoms with van der Waals surface area (Å²) in [6.07, 6.45) is -1.34. The molecule has 0 spiro atoms. The summed E-state index contributed by atoms with van der Waals surface area (Å²) >= 11 is 5.88. The molecule has 0 bridgehead atoms. The van der Waals surface area contributed by atoms with Crippen LogP contribution < -0.4 is 10.6 Å². The maximum Gasteiger partial charge on any atom is 0.408 e. The summed E-state index contributed by atoms with van der Waals surface area (Å²) in [4.78, 5) is 46.4. The zero-order chi connectivity index (χ0) is 34.6. The topological polar surface area (TPSA) is 115 Å². The molecule has 0 unspecified atom stereocenters. The summed E-state index contributed by atoms with van der Waals surface area (Å²) in [5.41, 5.74) is -0.599. The van der Waals surface area contributed by atoms with E-state index < -0.39 is 47.2 Å². The van der Waals surface area contributed by atoms with Gasteiger partial charge < -0.3 is 29.6 Å². The first kappa shape index (κ1) is 34.4. The molecule has 0 aliphatic carbocycles. The maximum atomic E-state index is 14.3. The maximum absolute atomic E-state index is 14.3. The largest absolute Gasteiger partial charge is 0.461 e. The fourth-order valence-corrected chi connectivity index (χ4v) is 5.43. The van der Waals surface area contributed by atoms with Crippen molar-refractivity contribution in [1.82, 2.24) is 19.8 Å². The van der Waals surface area contributed by atoms with E-state index in [2.05, 4.69) is 10.6 Å². The van der Waals surface area contributed by atoms with Crippen molar-refractivity contribution < 1.29 is 32.6 Å². The molecule has 0 saturated carbocycles. The Morgan fingerprint density at radius 2 is 1.71 bits per heavy atom. The second kappa shape index (κ2) is 14.0. The number of fused-ring (bicyclic) bond motifs is 1. The predicted octanol–water partition coefficient (Wildman–Crippen LogP) is 6.98. The Balaban J connectivity index is 1.43. The van der Waals surface area contributed by atoms with Crippen LogP contribution in [0.4, 0.5) is 25.1 Å². The van der Waals surface area contributed by atoms with Crippen LogP contribution in [-0.2, 0) is 38.8 Å². The lowest BCUT2D eigenvalue weighted by atomic mass is 9.95. The molecule has 3 aromatic carbocycles. The molecule has 1 aromatic heterocycles. The van der Waals surface area contributed by atoms with Gasteiger partial charge in [-0.2, -0.15) is 0 Å². The lowest BCUT2D eigenvalue weighted by molar-refractivity contribution is -0.152. The van der Waals surface area contributed by atoms with Crippen molar-refractivity contribution in [2.75, 3.05) is 11.9 Å². The molecule has 2 N–H and O–H groups in total. The number of nitrogens with zero attached hydrogens (tertiary/aromatic N) is 3. The molecular weight excluding hydrogens is 644 g/mol. The average Bonchev–Trinajstić information content (AvgIpc) is 3.38. The van der Waals surface area contributed by atoms with Crippen molar-refractivity contribution in [1.29, 1.82) is 0 Å². The van der Waals surface area contributed by atoms with Gasteiger partial charge in [0.2, 0.25) is 5.91 Å². The Morgan fingerprint density at radius 3 is 2.40 bits per heavy atom. The number of halogens is 3. The van der Waals surface area contributed by atoms with E-state index in [-0.39, 0.29) is 31.3 Å². The lowest BCUT2D eigenvalue weighted by Crippen LogP contribution is -2.60. The van der Waals surface area contributed by atoms with Crippen molar-refractivity contribution in [2.45, 2.75) is 65.0 Å². The number of alkyl carbamates (subject to hydrolysis) is 1. The van der Waals surface area contributed by atoms with E-state index in [1.807, 2.05) is 22.8 Å². The molecule has 0 saturated heterocycles. The van der Waals surface area contributed by atoms with Gasteiger partial charge >= 0.3 is 12.1 Å². The molecular formula is C35H36ClF2N5O5. The molecule has 5 rings (SSSR count). The Bertz CT molecular complexity index is 1830.